The second-order valence-corrected chi connectivity index (χ2v) is 8.74. The van der Waals surface area contributed by atoms with Crippen molar-refractivity contribution in [3.8, 4) is 16.9 Å². The highest BCUT2D eigenvalue weighted by Gasteiger charge is 2.29. The summed E-state index contributed by atoms with van der Waals surface area (Å²) in [6, 6.07) is 10.9. The van der Waals surface area contributed by atoms with Crippen LogP contribution in [0.3, 0.4) is 0 Å². The van der Waals surface area contributed by atoms with Crippen molar-refractivity contribution < 1.29 is 19.1 Å². The number of fused-ring (bicyclic) bond motifs is 1. The Morgan fingerprint density at radius 2 is 2.03 bits per heavy atom. The fourth-order valence-electron chi connectivity index (χ4n) is 4.37. The van der Waals surface area contributed by atoms with E-state index in [1.165, 1.54) is 7.11 Å². The summed E-state index contributed by atoms with van der Waals surface area (Å²) >= 11 is 6.37. The standard InChI is InChI=1S/C24H27ClN2O4/c1-27-9-3-4-17(14-27)23(28)26-13-20-11-18-10-19(25)12-21(22(18)31-20)15-5-7-16(8-6-15)24(29)30-2/h5-8,10,12,17,20H,3-4,9,11,13-14H2,1-2H3,(H,26,28). The Kier molecular flexibility index (Phi) is 6.49. The van der Waals surface area contributed by atoms with Gasteiger partial charge in [0.05, 0.1) is 25.1 Å². The fraction of sp³-hybridized carbons (Fsp3) is 0.417. The zero-order valence-corrected chi connectivity index (χ0v) is 18.6. The number of methoxy groups -OCH3 is 1. The van der Waals surface area contributed by atoms with Gasteiger partial charge in [0, 0.05) is 29.1 Å². The molecule has 2 unspecified atom stereocenters. The minimum atomic E-state index is -0.376. The SMILES string of the molecule is COC(=O)c1ccc(-c2cc(Cl)cc3c2OC(CNC(=O)C2CCCN(C)C2)C3)cc1. The van der Waals surface area contributed by atoms with Crippen molar-refractivity contribution in [3.05, 3.63) is 52.5 Å². The van der Waals surface area contributed by atoms with E-state index in [2.05, 4.69) is 17.3 Å². The molecule has 2 aliphatic rings. The van der Waals surface area contributed by atoms with E-state index >= 15 is 0 Å². The number of carbonyl (C=O) groups is 2. The molecule has 164 valence electrons. The molecular formula is C24H27ClN2O4. The number of benzene rings is 2. The molecular weight excluding hydrogens is 416 g/mol. The maximum absolute atomic E-state index is 12.6. The molecule has 1 N–H and O–H groups in total. The highest BCUT2D eigenvalue weighted by atomic mass is 35.5. The number of piperidine rings is 1. The summed E-state index contributed by atoms with van der Waals surface area (Å²) in [7, 11) is 3.42. The topological polar surface area (TPSA) is 67.9 Å². The normalized spacial score (nSPS) is 20.6. The minimum Gasteiger partial charge on any atom is -0.487 e. The summed E-state index contributed by atoms with van der Waals surface area (Å²) in [6.07, 6.45) is 2.54. The molecule has 31 heavy (non-hydrogen) atoms. The molecule has 2 aromatic rings. The fourth-order valence-corrected chi connectivity index (χ4v) is 4.61. The lowest BCUT2D eigenvalue weighted by Crippen LogP contribution is -2.44. The summed E-state index contributed by atoms with van der Waals surface area (Å²) in [6.45, 7) is 2.32. The Bertz CT molecular complexity index is 976. The van der Waals surface area contributed by atoms with Gasteiger partial charge < -0.3 is 19.7 Å². The maximum Gasteiger partial charge on any atom is 0.337 e. The molecule has 0 aromatic heterocycles. The van der Waals surface area contributed by atoms with Crippen molar-refractivity contribution in [3.63, 3.8) is 0 Å². The van der Waals surface area contributed by atoms with Crippen LogP contribution in [0.5, 0.6) is 5.75 Å². The van der Waals surface area contributed by atoms with Gasteiger partial charge in [-0.15, -0.1) is 0 Å². The number of carbonyl (C=O) groups excluding carboxylic acids is 2. The van der Waals surface area contributed by atoms with Gasteiger partial charge in [-0.1, -0.05) is 23.7 Å². The van der Waals surface area contributed by atoms with Crippen LogP contribution in [-0.2, 0) is 16.0 Å². The quantitative estimate of drug-likeness (QED) is 0.717. The predicted molar refractivity (Wildman–Crippen MR) is 120 cm³/mol. The number of rotatable bonds is 5. The van der Waals surface area contributed by atoms with E-state index in [-0.39, 0.29) is 23.9 Å². The third kappa shape index (κ3) is 4.86. The van der Waals surface area contributed by atoms with Gasteiger partial charge in [-0.05, 0) is 56.3 Å². The largest absolute Gasteiger partial charge is 0.487 e. The summed E-state index contributed by atoms with van der Waals surface area (Å²) in [5.41, 5.74) is 3.29. The zero-order chi connectivity index (χ0) is 22.0. The molecule has 2 heterocycles. The van der Waals surface area contributed by atoms with Gasteiger partial charge in [0.15, 0.2) is 0 Å². The first-order valence-electron chi connectivity index (χ1n) is 10.6. The highest BCUT2D eigenvalue weighted by molar-refractivity contribution is 6.31. The third-order valence-corrected chi connectivity index (χ3v) is 6.20. The molecule has 2 aromatic carbocycles. The number of esters is 1. The maximum atomic E-state index is 12.6. The first kappa shape index (κ1) is 21.7. The number of amides is 1. The molecule has 6 nitrogen and oxygen atoms in total. The van der Waals surface area contributed by atoms with E-state index in [9.17, 15) is 9.59 Å². The Morgan fingerprint density at radius 1 is 1.26 bits per heavy atom. The van der Waals surface area contributed by atoms with Crippen molar-refractivity contribution in [1.29, 1.82) is 0 Å². The van der Waals surface area contributed by atoms with Crippen LogP contribution in [0.25, 0.3) is 11.1 Å². The van der Waals surface area contributed by atoms with E-state index in [0.29, 0.717) is 23.6 Å². The Labute approximate surface area is 187 Å². The lowest BCUT2D eigenvalue weighted by molar-refractivity contribution is -0.126. The molecule has 0 aliphatic carbocycles. The molecule has 2 aliphatic heterocycles. The van der Waals surface area contributed by atoms with Gasteiger partial charge in [0.2, 0.25) is 5.91 Å². The Hall–Kier alpha value is -2.57. The number of nitrogens with one attached hydrogen (secondary N) is 1. The van der Waals surface area contributed by atoms with E-state index < -0.39 is 0 Å². The Morgan fingerprint density at radius 3 is 2.74 bits per heavy atom. The van der Waals surface area contributed by atoms with Crippen LogP contribution in [0.1, 0.15) is 28.8 Å². The number of nitrogens with zero attached hydrogens (tertiary/aromatic N) is 1. The van der Waals surface area contributed by atoms with Crippen LogP contribution in [0.2, 0.25) is 5.02 Å². The van der Waals surface area contributed by atoms with Gasteiger partial charge in [-0.3, -0.25) is 4.79 Å². The summed E-state index contributed by atoms with van der Waals surface area (Å²) in [4.78, 5) is 26.5. The van der Waals surface area contributed by atoms with Crippen LogP contribution in [-0.4, -0.2) is 56.7 Å². The number of halogens is 1. The molecule has 4 rings (SSSR count). The van der Waals surface area contributed by atoms with Gasteiger partial charge in [-0.25, -0.2) is 4.79 Å². The number of likely N-dealkylation sites (tertiary alicyclic amines) is 1. The van der Waals surface area contributed by atoms with Crippen molar-refractivity contribution in [2.75, 3.05) is 33.8 Å². The van der Waals surface area contributed by atoms with Gasteiger partial charge in [0.25, 0.3) is 0 Å². The van der Waals surface area contributed by atoms with Crippen LogP contribution < -0.4 is 10.1 Å². The van der Waals surface area contributed by atoms with Gasteiger partial charge in [0.1, 0.15) is 11.9 Å². The van der Waals surface area contributed by atoms with Crippen LogP contribution in [0, 0.1) is 5.92 Å². The molecule has 2 atom stereocenters. The zero-order valence-electron chi connectivity index (χ0n) is 17.8. The molecule has 0 saturated carbocycles. The smallest absolute Gasteiger partial charge is 0.337 e. The summed E-state index contributed by atoms with van der Waals surface area (Å²) in [5.74, 6) is 0.551. The second kappa shape index (κ2) is 9.28. The molecule has 7 heteroatoms. The summed E-state index contributed by atoms with van der Waals surface area (Å²) < 4.78 is 11.0. The number of ether oxygens (including phenoxy) is 2. The molecule has 1 saturated heterocycles. The van der Waals surface area contributed by atoms with E-state index in [0.717, 1.165) is 48.4 Å². The average Bonchev–Trinajstić information content (AvgIpc) is 3.19. The molecule has 0 radical (unpaired) electrons. The predicted octanol–water partition coefficient (Wildman–Crippen LogP) is 3.56. The van der Waals surface area contributed by atoms with Crippen LogP contribution >= 0.6 is 11.6 Å². The molecule has 1 fully saturated rings. The van der Waals surface area contributed by atoms with E-state index in [1.807, 2.05) is 24.3 Å². The van der Waals surface area contributed by atoms with Crippen LogP contribution in [0.4, 0.5) is 0 Å². The van der Waals surface area contributed by atoms with Gasteiger partial charge >= 0.3 is 5.97 Å². The molecule has 1 amide bonds. The van der Waals surface area contributed by atoms with Crippen molar-refractivity contribution in [2.45, 2.75) is 25.4 Å². The summed E-state index contributed by atoms with van der Waals surface area (Å²) in [5, 5.41) is 3.70. The molecule has 0 spiro atoms. The lowest BCUT2D eigenvalue weighted by atomic mass is 9.97. The van der Waals surface area contributed by atoms with Crippen LogP contribution in [0.15, 0.2) is 36.4 Å². The lowest BCUT2D eigenvalue weighted by Gasteiger charge is -2.29. The van der Waals surface area contributed by atoms with E-state index in [1.54, 1.807) is 12.1 Å². The van der Waals surface area contributed by atoms with Crippen molar-refractivity contribution in [1.82, 2.24) is 10.2 Å². The molecule has 0 bridgehead atoms. The average molecular weight is 443 g/mol. The third-order valence-electron chi connectivity index (χ3n) is 5.98. The van der Waals surface area contributed by atoms with Crippen molar-refractivity contribution in [2.24, 2.45) is 5.92 Å². The van der Waals surface area contributed by atoms with E-state index in [4.69, 9.17) is 21.1 Å². The monoisotopic (exact) mass is 442 g/mol. The first-order chi connectivity index (χ1) is 14.9. The highest BCUT2D eigenvalue weighted by Crippen LogP contribution is 2.41. The number of hydrogen-bond acceptors (Lipinski definition) is 5. The van der Waals surface area contributed by atoms with Gasteiger partial charge in [-0.2, -0.15) is 0 Å². The minimum absolute atomic E-state index is 0.0425. The van der Waals surface area contributed by atoms with Crippen molar-refractivity contribution >= 4 is 23.5 Å². The second-order valence-electron chi connectivity index (χ2n) is 8.30. The Balaban J connectivity index is 1.45. The number of hydrogen-bond donors (Lipinski definition) is 1. The first-order valence-corrected chi connectivity index (χ1v) is 11.0.